The van der Waals surface area contributed by atoms with Crippen LogP contribution in [0.3, 0.4) is 0 Å². The van der Waals surface area contributed by atoms with Crippen LogP contribution in [-0.2, 0) is 0 Å². The second-order valence-electron chi connectivity index (χ2n) is 2.76. The summed E-state index contributed by atoms with van der Waals surface area (Å²) in [6.45, 7) is 1.83. The molecule has 0 amide bonds. The average molecular weight is 179 g/mol. The second-order valence-corrected chi connectivity index (χ2v) is 2.76. The second kappa shape index (κ2) is 4.62. The topological polar surface area (TPSA) is 52.8 Å². The molecule has 70 valence electrons. The first-order valence-electron chi connectivity index (χ1n) is 4.23. The third-order valence-electron chi connectivity index (χ3n) is 1.92. The van der Waals surface area contributed by atoms with Crippen LogP contribution in [0.4, 0.5) is 0 Å². The molecule has 0 bridgehead atoms. The van der Waals surface area contributed by atoms with Crippen molar-refractivity contribution >= 4 is 5.71 Å². The van der Waals surface area contributed by atoms with Crippen molar-refractivity contribution in [1.82, 2.24) is 0 Å². The van der Waals surface area contributed by atoms with E-state index < -0.39 is 6.10 Å². The minimum Gasteiger partial charge on any atom is -0.411 e. The summed E-state index contributed by atoms with van der Waals surface area (Å²) in [6.07, 6.45) is -0.261. The molecule has 1 rings (SSSR count). The average Bonchev–Trinajstić information content (AvgIpc) is 2.21. The standard InChI is InChI=1S/C10H13NO2/c1-2-9(11-13)10(12)8-6-4-3-5-7-8/h3-7,10,12-13H,2H2,1H3. The van der Waals surface area contributed by atoms with Crippen LogP contribution >= 0.6 is 0 Å². The van der Waals surface area contributed by atoms with Gasteiger partial charge in [-0.1, -0.05) is 42.4 Å². The molecule has 0 fully saturated rings. The van der Waals surface area contributed by atoms with Gasteiger partial charge in [0.15, 0.2) is 0 Å². The summed E-state index contributed by atoms with van der Waals surface area (Å²) in [6, 6.07) is 9.14. The smallest absolute Gasteiger partial charge is 0.120 e. The summed E-state index contributed by atoms with van der Waals surface area (Å²) >= 11 is 0. The maximum atomic E-state index is 9.69. The van der Waals surface area contributed by atoms with Gasteiger partial charge < -0.3 is 10.3 Å². The van der Waals surface area contributed by atoms with Crippen LogP contribution in [-0.4, -0.2) is 16.0 Å². The van der Waals surface area contributed by atoms with E-state index in [1.165, 1.54) is 0 Å². The van der Waals surface area contributed by atoms with Gasteiger partial charge >= 0.3 is 0 Å². The van der Waals surface area contributed by atoms with E-state index >= 15 is 0 Å². The maximum Gasteiger partial charge on any atom is 0.120 e. The lowest BCUT2D eigenvalue weighted by atomic mass is 10.0. The zero-order valence-corrected chi connectivity index (χ0v) is 7.51. The summed E-state index contributed by atoms with van der Waals surface area (Å²) < 4.78 is 0. The Bertz CT molecular complexity index is 282. The van der Waals surface area contributed by atoms with Gasteiger partial charge in [0.25, 0.3) is 0 Å². The van der Waals surface area contributed by atoms with Crippen LogP contribution in [0, 0.1) is 0 Å². The highest BCUT2D eigenvalue weighted by atomic mass is 16.4. The lowest BCUT2D eigenvalue weighted by molar-refractivity contribution is 0.232. The summed E-state index contributed by atoms with van der Waals surface area (Å²) in [5.41, 5.74) is 1.13. The number of rotatable bonds is 3. The minimum absolute atomic E-state index is 0.381. The molecule has 0 aliphatic rings. The molecule has 3 heteroatoms. The number of nitrogens with zero attached hydrogens (tertiary/aromatic N) is 1. The fraction of sp³-hybridized carbons (Fsp3) is 0.300. The number of oxime groups is 1. The molecule has 3 nitrogen and oxygen atoms in total. The molecule has 0 heterocycles. The molecule has 0 aromatic heterocycles. The summed E-state index contributed by atoms with van der Waals surface area (Å²) in [5.74, 6) is 0. The van der Waals surface area contributed by atoms with Crippen LogP contribution in [0.5, 0.6) is 0 Å². The molecule has 0 saturated heterocycles. The molecule has 0 radical (unpaired) electrons. The van der Waals surface area contributed by atoms with E-state index in [0.29, 0.717) is 12.1 Å². The van der Waals surface area contributed by atoms with E-state index in [1.54, 1.807) is 12.1 Å². The number of hydrogen-bond donors (Lipinski definition) is 2. The van der Waals surface area contributed by atoms with Crippen LogP contribution in [0.1, 0.15) is 25.0 Å². The SMILES string of the molecule is CCC(=NO)C(O)c1ccccc1. The summed E-state index contributed by atoms with van der Waals surface area (Å²) in [4.78, 5) is 0. The van der Waals surface area contributed by atoms with E-state index in [1.807, 2.05) is 25.1 Å². The molecule has 1 atom stereocenters. The van der Waals surface area contributed by atoms with Crippen molar-refractivity contribution in [3.05, 3.63) is 35.9 Å². The number of aliphatic hydroxyl groups is 1. The summed E-state index contributed by atoms with van der Waals surface area (Å²) in [7, 11) is 0. The van der Waals surface area contributed by atoms with Gasteiger partial charge in [-0.05, 0) is 12.0 Å². The molecular weight excluding hydrogens is 166 g/mol. The Kier molecular flexibility index (Phi) is 3.46. The fourth-order valence-corrected chi connectivity index (χ4v) is 1.15. The minimum atomic E-state index is -0.795. The van der Waals surface area contributed by atoms with Gasteiger partial charge in [0.1, 0.15) is 6.10 Å². The van der Waals surface area contributed by atoms with Crippen molar-refractivity contribution in [2.45, 2.75) is 19.4 Å². The largest absolute Gasteiger partial charge is 0.411 e. The van der Waals surface area contributed by atoms with Crippen molar-refractivity contribution in [1.29, 1.82) is 0 Å². The van der Waals surface area contributed by atoms with Crippen LogP contribution in [0.2, 0.25) is 0 Å². The van der Waals surface area contributed by atoms with Crippen molar-refractivity contribution in [2.24, 2.45) is 5.16 Å². The van der Waals surface area contributed by atoms with Gasteiger partial charge in [0, 0.05) is 0 Å². The van der Waals surface area contributed by atoms with Crippen LogP contribution in [0.25, 0.3) is 0 Å². The quantitative estimate of drug-likeness (QED) is 0.423. The normalized spacial score (nSPS) is 14.2. The van der Waals surface area contributed by atoms with Crippen molar-refractivity contribution in [3.8, 4) is 0 Å². The fourth-order valence-electron chi connectivity index (χ4n) is 1.15. The first-order chi connectivity index (χ1) is 6.29. The predicted molar refractivity (Wildman–Crippen MR) is 50.9 cm³/mol. The molecule has 0 aliphatic carbocycles. The van der Waals surface area contributed by atoms with Gasteiger partial charge in [-0.25, -0.2) is 0 Å². The van der Waals surface area contributed by atoms with E-state index in [2.05, 4.69) is 5.16 Å². The highest BCUT2D eigenvalue weighted by Crippen LogP contribution is 2.15. The zero-order chi connectivity index (χ0) is 9.68. The summed E-state index contributed by atoms with van der Waals surface area (Å²) in [5, 5.41) is 21.3. The number of hydrogen-bond acceptors (Lipinski definition) is 3. The lowest BCUT2D eigenvalue weighted by Gasteiger charge is -2.10. The van der Waals surface area contributed by atoms with Crippen molar-refractivity contribution in [3.63, 3.8) is 0 Å². The third kappa shape index (κ3) is 2.29. The first kappa shape index (κ1) is 9.74. The van der Waals surface area contributed by atoms with E-state index in [4.69, 9.17) is 5.21 Å². The molecule has 2 N–H and O–H groups in total. The van der Waals surface area contributed by atoms with Gasteiger partial charge in [-0.15, -0.1) is 0 Å². The molecular formula is C10H13NO2. The first-order valence-corrected chi connectivity index (χ1v) is 4.23. The lowest BCUT2D eigenvalue weighted by Crippen LogP contribution is -2.10. The zero-order valence-electron chi connectivity index (χ0n) is 7.51. The van der Waals surface area contributed by atoms with E-state index in [0.717, 1.165) is 5.56 Å². The Morgan fingerprint density at radius 3 is 2.46 bits per heavy atom. The van der Waals surface area contributed by atoms with Gasteiger partial charge in [-0.2, -0.15) is 0 Å². The third-order valence-corrected chi connectivity index (χ3v) is 1.92. The highest BCUT2D eigenvalue weighted by molar-refractivity contribution is 5.88. The maximum absolute atomic E-state index is 9.69. The molecule has 0 aliphatic heterocycles. The Hall–Kier alpha value is -1.35. The van der Waals surface area contributed by atoms with Crippen LogP contribution < -0.4 is 0 Å². The predicted octanol–water partition coefficient (Wildman–Crippen LogP) is 1.96. The number of aliphatic hydroxyl groups excluding tert-OH is 1. The molecule has 0 saturated carbocycles. The Morgan fingerprint density at radius 1 is 1.38 bits per heavy atom. The van der Waals surface area contributed by atoms with E-state index in [-0.39, 0.29) is 0 Å². The van der Waals surface area contributed by atoms with Gasteiger partial charge in [0.2, 0.25) is 0 Å². The highest BCUT2D eigenvalue weighted by Gasteiger charge is 2.12. The van der Waals surface area contributed by atoms with Gasteiger partial charge in [-0.3, -0.25) is 0 Å². The Balaban J connectivity index is 2.85. The van der Waals surface area contributed by atoms with E-state index in [9.17, 15) is 5.11 Å². The monoisotopic (exact) mass is 179 g/mol. The van der Waals surface area contributed by atoms with Crippen molar-refractivity contribution < 1.29 is 10.3 Å². The van der Waals surface area contributed by atoms with Crippen LogP contribution in [0.15, 0.2) is 35.5 Å². The van der Waals surface area contributed by atoms with Crippen molar-refractivity contribution in [2.75, 3.05) is 0 Å². The molecule has 0 spiro atoms. The molecule has 1 unspecified atom stereocenters. The Morgan fingerprint density at radius 2 is 2.00 bits per heavy atom. The molecule has 1 aromatic carbocycles. The van der Waals surface area contributed by atoms with Gasteiger partial charge in [0.05, 0.1) is 5.71 Å². The molecule has 1 aromatic rings. The Labute approximate surface area is 77.3 Å². The molecule has 13 heavy (non-hydrogen) atoms. The number of benzene rings is 1.